The van der Waals surface area contributed by atoms with Crippen LogP contribution in [0.2, 0.25) is 0 Å². The zero-order chi connectivity index (χ0) is 14.7. The molecule has 1 unspecified atom stereocenters. The highest BCUT2D eigenvalue weighted by Gasteiger charge is 2.15. The maximum absolute atomic E-state index is 9.82. The van der Waals surface area contributed by atoms with Crippen molar-refractivity contribution in [1.29, 1.82) is 0 Å². The smallest absolute Gasteiger partial charge is 0.229 e. The standard InChI is InChI=1S/C16H22N2O2/c1-10(2)14(19)9-16-17-15(18-20-16)8-13-6-5-11(3)12(4)7-13/h5-7,10,14,19H,8-9H2,1-4H3. The molecule has 20 heavy (non-hydrogen) atoms. The maximum atomic E-state index is 9.82. The lowest BCUT2D eigenvalue weighted by Gasteiger charge is -2.10. The summed E-state index contributed by atoms with van der Waals surface area (Å²) in [6.45, 7) is 8.13. The highest BCUT2D eigenvalue weighted by atomic mass is 16.5. The number of aromatic nitrogens is 2. The first-order chi connectivity index (χ1) is 9.45. The van der Waals surface area contributed by atoms with Crippen LogP contribution in [-0.4, -0.2) is 21.4 Å². The SMILES string of the molecule is Cc1ccc(Cc2noc(CC(O)C(C)C)n2)cc1C. The van der Waals surface area contributed by atoms with E-state index in [1.54, 1.807) is 0 Å². The van der Waals surface area contributed by atoms with E-state index in [1.165, 1.54) is 16.7 Å². The molecule has 4 nitrogen and oxygen atoms in total. The molecule has 2 aromatic rings. The van der Waals surface area contributed by atoms with Crippen LogP contribution in [0.1, 0.15) is 42.3 Å². The van der Waals surface area contributed by atoms with Crippen molar-refractivity contribution in [2.75, 3.05) is 0 Å². The summed E-state index contributed by atoms with van der Waals surface area (Å²) in [5.74, 6) is 1.36. The average molecular weight is 274 g/mol. The lowest BCUT2D eigenvalue weighted by Crippen LogP contribution is -2.17. The quantitative estimate of drug-likeness (QED) is 0.910. The number of hydrogen-bond donors (Lipinski definition) is 1. The Bertz CT molecular complexity index is 576. The van der Waals surface area contributed by atoms with Gasteiger partial charge < -0.3 is 9.63 Å². The van der Waals surface area contributed by atoms with Gasteiger partial charge in [0.15, 0.2) is 5.82 Å². The average Bonchev–Trinajstić information content (AvgIpc) is 2.81. The first-order valence-electron chi connectivity index (χ1n) is 7.01. The third-order valence-corrected chi connectivity index (χ3v) is 3.60. The summed E-state index contributed by atoms with van der Waals surface area (Å²) in [6.07, 6.45) is 0.630. The highest BCUT2D eigenvalue weighted by Crippen LogP contribution is 2.14. The fourth-order valence-electron chi connectivity index (χ4n) is 1.96. The molecule has 1 aromatic carbocycles. The van der Waals surface area contributed by atoms with Crippen molar-refractivity contribution in [3.05, 3.63) is 46.6 Å². The third kappa shape index (κ3) is 3.67. The summed E-state index contributed by atoms with van der Waals surface area (Å²) < 4.78 is 5.19. The molecule has 1 heterocycles. The monoisotopic (exact) mass is 274 g/mol. The molecule has 0 aliphatic carbocycles. The first-order valence-corrected chi connectivity index (χ1v) is 7.01. The van der Waals surface area contributed by atoms with Gasteiger partial charge in [-0.05, 0) is 36.5 Å². The molecule has 0 aliphatic rings. The number of benzene rings is 1. The van der Waals surface area contributed by atoms with E-state index in [4.69, 9.17) is 4.52 Å². The number of hydrogen-bond acceptors (Lipinski definition) is 4. The summed E-state index contributed by atoms with van der Waals surface area (Å²) in [6, 6.07) is 6.34. The van der Waals surface area contributed by atoms with E-state index in [2.05, 4.69) is 42.2 Å². The maximum Gasteiger partial charge on any atom is 0.229 e. The predicted octanol–water partition coefficient (Wildman–Crippen LogP) is 2.84. The van der Waals surface area contributed by atoms with Gasteiger partial charge in [0.1, 0.15) is 0 Å². The largest absolute Gasteiger partial charge is 0.392 e. The molecule has 108 valence electrons. The molecule has 1 atom stereocenters. The number of nitrogens with zero attached hydrogens (tertiary/aromatic N) is 2. The minimum Gasteiger partial charge on any atom is -0.392 e. The molecule has 4 heteroatoms. The van der Waals surface area contributed by atoms with E-state index < -0.39 is 6.10 Å². The van der Waals surface area contributed by atoms with Crippen molar-refractivity contribution >= 4 is 0 Å². The summed E-state index contributed by atoms with van der Waals surface area (Å²) >= 11 is 0. The lowest BCUT2D eigenvalue weighted by atomic mass is 10.0. The molecule has 1 aromatic heterocycles. The zero-order valence-electron chi connectivity index (χ0n) is 12.6. The number of rotatable bonds is 5. The van der Waals surface area contributed by atoms with E-state index in [1.807, 2.05) is 13.8 Å². The molecule has 0 bridgehead atoms. The first kappa shape index (κ1) is 14.7. The van der Waals surface area contributed by atoms with Crippen LogP contribution < -0.4 is 0 Å². The van der Waals surface area contributed by atoms with E-state index in [0.717, 1.165) is 0 Å². The fourth-order valence-corrected chi connectivity index (χ4v) is 1.96. The molecule has 0 saturated heterocycles. The summed E-state index contributed by atoms with van der Waals surface area (Å²) in [5, 5.41) is 13.8. The van der Waals surface area contributed by atoms with Crippen molar-refractivity contribution in [2.45, 2.75) is 46.6 Å². The van der Waals surface area contributed by atoms with Crippen LogP contribution in [0.4, 0.5) is 0 Å². The Morgan fingerprint density at radius 3 is 2.60 bits per heavy atom. The zero-order valence-corrected chi connectivity index (χ0v) is 12.6. The van der Waals surface area contributed by atoms with E-state index in [9.17, 15) is 5.11 Å². The van der Waals surface area contributed by atoms with Gasteiger partial charge in [0.25, 0.3) is 0 Å². The van der Waals surface area contributed by atoms with Crippen molar-refractivity contribution in [2.24, 2.45) is 5.92 Å². The summed E-state index contributed by atoms with van der Waals surface area (Å²) in [5.41, 5.74) is 3.72. The Balaban J connectivity index is 2.03. The van der Waals surface area contributed by atoms with Crippen LogP contribution in [0.15, 0.2) is 22.7 Å². The van der Waals surface area contributed by atoms with Crippen molar-refractivity contribution in [3.63, 3.8) is 0 Å². The van der Waals surface area contributed by atoms with E-state index in [-0.39, 0.29) is 5.92 Å². The molecule has 0 aliphatic heterocycles. The third-order valence-electron chi connectivity index (χ3n) is 3.60. The molecule has 0 fully saturated rings. The number of aliphatic hydroxyl groups is 1. The van der Waals surface area contributed by atoms with E-state index in [0.29, 0.717) is 24.6 Å². The molecule has 1 N–H and O–H groups in total. The van der Waals surface area contributed by atoms with Crippen LogP contribution in [0.3, 0.4) is 0 Å². The molecule has 0 radical (unpaired) electrons. The van der Waals surface area contributed by atoms with Crippen molar-refractivity contribution < 1.29 is 9.63 Å². The second-order valence-corrected chi connectivity index (χ2v) is 5.72. The molecule has 0 saturated carbocycles. The topological polar surface area (TPSA) is 59.2 Å². The van der Waals surface area contributed by atoms with Gasteiger partial charge in [-0.15, -0.1) is 0 Å². The minimum absolute atomic E-state index is 0.185. The Kier molecular flexibility index (Phi) is 4.55. The molecule has 0 amide bonds. The van der Waals surface area contributed by atoms with Gasteiger partial charge in [-0.3, -0.25) is 0 Å². The number of aryl methyl sites for hydroxylation is 2. The van der Waals surface area contributed by atoms with Crippen LogP contribution in [-0.2, 0) is 12.8 Å². The molecule has 0 spiro atoms. The van der Waals surface area contributed by atoms with Crippen LogP contribution in [0.25, 0.3) is 0 Å². The molecule has 2 rings (SSSR count). The number of aliphatic hydroxyl groups excluding tert-OH is 1. The second-order valence-electron chi connectivity index (χ2n) is 5.72. The van der Waals surface area contributed by atoms with Gasteiger partial charge in [0.05, 0.1) is 12.5 Å². The van der Waals surface area contributed by atoms with Crippen molar-refractivity contribution in [3.8, 4) is 0 Å². The van der Waals surface area contributed by atoms with Crippen LogP contribution >= 0.6 is 0 Å². The van der Waals surface area contributed by atoms with Gasteiger partial charge in [0.2, 0.25) is 5.89 Å². The summed E-state index contributed by atoms with van der Waals surface area (Å²) in [4.78, 5) is 4.34. The van der Waals surface area contributed by atoms with Gasteiger partial charge in [-0.1, -0.05) is 37.2 Å². The Morgan fingerprint density at radius 1 is 1.20 bits per heavy atom. The minimum atomic E-state index is -0.440. The van der Waals surface area contributed by atoms with Gasteiger partial charge >= 0.3 is 0 Å². The van der Waals surface area contributed by atoms with Crippen LogP contribution in [0, 0.1) is 19.8 Å². The van der Waals surface area contributed by atoms with Gasteiger partial charge in [-0.25, -0.2) is 0 Å². The van der Waals surface area contributed by atoms with E-state index >= 15 is 0 Å². The Hall–Kier alpha value is -1.68. The molecular formula is C16H22N2O2. The fraction of sp³-hybridized carbons (Fsp3) is 0.500. The highest BCUT2D eigenvalue weighted by molar-refractivity contribution is 5.31. The lowest BCUT2D eigenvalue weighted by molar-refractivity contribution is 0.116. The van der Waals surface area contributed by atoms with Gasteiger partial charge in [-0.2, -0.15) is 4.98 Å². The second kappa shape index (κ2) is 6.18. The van der Waals surface area contributed by atoms with Gasteiger partial charge in [0, 0.05) is 6.42 Å². The summed E-state index contributed by atoms with van der Waals surface area (Å²) in [7, 11) is 0. The molecular weight excluding hydrogens is 252 g/mol. The van der Waals surface area contributed by atoms with Crippen molar-refractivity contribution in [1.82, 2.24) is 10.1 Å². The Labute approximate surface area is 119 Å². The normalized spacial score (nSPS) is 12.9. The van der Waals surface area contributed by atoms with Crippen LogP contribution in [0.5, 0.6) is 0 Å². The Morgan fingerprint density at radius 2 is 1.95 bits per heavy atom. The predicted molar refractivity (Wildman–Crippen MR) is 77.6 cm³/mol.